The van der Waals surface area contributed by atoms with E-state index in [1.807, 2.05) is 62.7 Å². The van der Waals surface area contributed by atoms with Crippen molar-refractivity contribution in [2.75, 3.05) is 19.8 Å². The monoisotopic (exact) mass is 608 g/mol. The second-order valence-corrected chi connectivity index (χ2v) is 12.7. The van der Waals surface area contributed by atoms with Gasteiger partial charge in [-0.3, -0.25) is 4.79 Å². The first-order chi connectivity index (χ1) is 20.7. The van der Waals surface area contributed by atoms with E-state index in [0.29, 0.717) is 13.0 Å². The van der Waals surface area contributed by atoms with Crippen molar-refractivity contribution in [1.29, 1.82) is 0 Å². The summed E-state index contributed by atoms with van der Waals surface area (Å²) in [5.41, 5.74) is 6.05. The number of sulfonamides is 1. The molecule has 0 bridgehead atoms. The zero-order valence-electron chi connectivity index (χ0n) is 24.9. The van der Waals surface area contributed by atoms with Crippen LogP contribution in [0, 0.1) is 13.8 Å². The fourth-order valence-electron chi connectivity index (χ4n) is 5.60. The van der Waals surface area contributed by atoms with E-state index in [4.69, 9.17) is 4.74 Å². The summed E-state index contributed by atoms with van der Waals surface area (Å²) in [5, 5.41) is 11.3. The number of hydrogen-bond acceptors (Lipinski definition) is 7. The lowest BCUT2D eigenvalue weighted by Gasteiger charge is -2.25. The Bertz CT molecular complexity index is 1740. The summed E-state index contributed by atoms with van der Waals surface area (Å²) in [6.07, 6.45) is 1.87. The quantitative estimate of drug-likeness (QED) is 0.283. The number of pyridine rings is 1. The van der Waals surface area contributed by atoms with Crippen LogP contribution in [0.3, 0.4) is 0 Å². The number of fused-ring (bicyclic) bond motifs is 2. The highest BCUT2D eigenvalue weighted by Crippen LogP contribution is 2.36. The lowest BCUT2D eigenvalue weighted by atomic mass is 9.84. The van der Waals surface area contributed by atoms with Crippen LogP contribution < -0.4 is 10.1 Å². The Labute approximate surface area is 251 Å². The van der Waals surface area contributed by atoms with Gasteiger partial charge in [0.05, 0.1) is 12.1 Å². The lowest BCUT2D eigenvalue weighted by Crippen LogP contribution is -2.36. The Morgan fingerprint density at radius 3 is 2.74 bits per heavy atom. The van der Waals surface area contributed by atoms with Crippen LogP contribution in [0.5, 0.6) is 5.88 Å². The zero-order valence-corrected chi connectivity index (χ0v) is 25.7. The minimum Gasteiger partial charge on any atom is -0.472 e. The highest BCUT2D eigenvalue weighted by molar-refractivity contribution is 7.89. The highest BCUT2D eigenvalue weighted by atomic mass is 32.2. The molecule has 43 heavy (non-hydrogen) atoms. The third-order valence-corrected chi connectivity index (χ3v) is 9.91. The summed E-state index contributed by atoms with van der Waals surface area (Å²) in [7, 11) is -3.89. The third-order valence-electron chi connectivity index (χ3n) is 8.08. The maximum Gasteiger partial charge on any atom is 0.248 e. The molecule has 2 aromatic carbocycles. The lowest BCUT2D eigenvalue weighted by molar-refractivity contribution is -0.121. The van der Waals surface area contributed by atoms with Crippen molar-refractivity contribution >= 4 is 27.0 Å². The van der Waals surface area contributed by atoms with Crippen LogP contribution >= 0.6 is 0 Å². The largest absolute Gasteiger partial charge is 0.472 e. The molecule has 0 fully saturated rings. The van der Waals surface area contributed by atoms with E-state index in [0.717, 1.165) is 38.9 Å². The molecule has 0 unspecified atom stereocenters. The van der Waals surface area contributed by atoms with Gasteiger partial charge >= 0.3 is 0 Å². The van der Waals surface area contributed by atoms with E-state index in [2.05, 4.69) is 20.6 Å². The smallest absolute Gasteiger partial charge is 0.248 e. The minimum atomic E-state index is -3.89. The van der Waals surface area contributed by atoms with Crippen molar-refractivity contribution in [3.8, 4) is 5.88 Å². The average molecular weight is 609 g/mol. The Balaban J connectivity index is 1.56. The number of benzene rings is 2. The van der Waals surface area contributed by atoms with E-state index >= 15 is 0 Å². The van der Waals surface area contributed by atoms with Crippen molar-refractivity contribution in [3.63, 3.8) is 0 Å². The number of carbonyl (C=O) groups excluding carboxylic acids is 1. The number of hydrogen-bond donors (Lipinski definition) is 1. The second kappa shape index (κ2) is 12.8. The van der Waals surface area contributed by atoms with Crippen LogP contribution in [0.25, 0.3) is 11.0 Å². The summed E-state index contributed by atoms with van der Waals surface area (Å²) < 4.78 is 49.7. The Kier molecular flexibility index (Phi) is 9.07. The minimum absolute atomic E-state index is 0.0474. The molecular weight excluding hydrogens is 571 g/mol. The van der Waals surface area contributed by atoms with Gasteiger partial charge in [-0.2, -0.15) is 4.31 Å². The number of nitrogens with one attached hydrogen (secondary N) is 1. The van der Waals surface area contributed by atoms with E-state index in [1.165, 1.54) is 16.6 Å². The first kappa shape index (κ1) is 30.6. The molecule has 228 valence electrons. The van der Waals surface area contributed by atoms with E-state index < -0.39 is 16.7 Å². The van der Waals surface area contributed by atoms with Crippen LogP contribution in [-0.2, 0) is 27.9 Å². The number of halogens is 1. The maximum absolute atomic E-state index is 13.8. The van der Waals surface area contributed by atoms with Gasteiger partial charge in [-0.1, -0.05) is 36.4 Å². The molecule has 0 spiro atoms. The molecule has 3 heterocycles. The number of alkyl halides is 1. The van der Waals surface area contributed by atoms with Gasteiger partial charge < -0.3 is 10.1 Å². The van der Waals surface area contributed by atoms with E-state index in [1.54, 1.807) is 6.07 Å². The molecule has 2 atom stereocenters. The number of amides is 1. The molecule has 1 aliphatic rings. The maximum atomic E-state index is 13.8. The molecule has 1 amide bonds. The molecule has 4 aromatic rings. The number of ether oxygens (including phenoxy) is 1. The second-order valence-electron chi connectivity index (χ2n) is 10.8. The molecule has 10 nitrogen and oxygen atoms in total. The zero-order chi connectivity index (χ0) is 30.7. The van der Waals surface area contributed by atoms with Gasteiger partial charge in [0.15, 0.2) is 0 Å². The number of rotatable bonds is 10. The van der Waals surface area contributed by atoms with Crippen molar-refractivity contribution in [2.45, 2.75) is 70.5 Å². The normalized spacial score (nSPS) is 17.2. The molecule has 0 radical (unpaired) electrons. The van der Waals surface area contributed by atoms with Crippen molar-refractivity contribution in [2.24, 2.45) is 0 Å². The van der Waals surface area contributed by atoms with Crippen molar-refractivity contribution < 1.29 is 22.3 Å². The first-order valence-electron chi connectivity index (χ1n) is 14.5. The van der Waals surface area contributed by atoms with Crippen LogP contribution in [-0.4, -0.2) is 64.5 Å². The summed E-state index contributed by atoms with van der Waals surface area (Å²) >= 11 is 0. The molecular formula is C31H37FN6O4S. The van der Waals surface area contributed by atoms with E-state index in [-0.39, 0.29) is 54.8 Å². The van der Waals surface area contributed by atoms with Gasteiger partial charge in [-0.05, 0) is 73.2 Å². The summed E-state index contributed by atoms with van der Waals surface area (Å²) in [4.78, 5) is 17.2. The van der Waals surface area contributed by atoms with Gasteiger partial charge in [0.1, 0.15) is 23.2 Å². The van der Waals surface area contributed by atoms with Gasteiger partial charge in [0.2, 0.25) is 21.8 Å². The molecule has 0 saturated carbocycles. The summed E-state index contributed by atoms with van der Waals surface area (Å²) in [5.74, 6) is -0.538. The molecule has 1 N–H and O–H groups in total. The van der Waals surface area contributed by atoms with Crippen LogP contribution in [0.1, 0.15) is 60.4 Å². The summed E-state index contributed by atoms with van der Waals surface area (Å²) in [6, 6.07) is 13.0. The Morgan fingerprint density at radius 2 is 2.00 bits per heavy atom. The molecule has 12 heteroatoms. The van der Waals surface area contributed by atoms with Gasteiger partial charge in [0, 0.05) is 38.2 Å². The predicted octanol–water partition coefficient (Wildman–Crippen LogP) is 4.43. The molecule has 2 aromatic heterocycles. The Morgan fingerprint density at radius 1 is 1.19 bits per heavy atom. The van der Waals surface area contributed by atoms with Gasteiger partial charge in [0.25, 0.3) is 0 Å². The highest BCUT2D eigenvalue weighted by Gasteiger charge is 2.35. The molecule has 0 aliphatic carbocycles. The SMILES string of the molecule is CC[C@@H]1CN(Cc2cc([C@H](CC(=O)NCCF)c3ccc4c(nnn4CC)c3C)ccc2C)S(=O)(=O)c2cccnc2O1. The van der Waals surface area contributed by atoms with E-state index in [9.17, 15) is 17.6 Å². The fourth-order valence-corrected chi connectivity index (χ4v) is 7.12. The number of aryl methyl sites for hydroxylation is 3. The summed E-state index contributed by atoms with van der Waals surface area (Å²) in [6.45, 7) is 8.12. The van der Waals surface area contributed by atoms with Gasteiger partial charge in [-0.15, -0.1) is 5.10 Å². The van der Waals surface area contributed by atoms with Gasteiger partial charge in [-0.25, -0.2) is 22.5 Å². The average Bonchev–Trinajstić information content (AvgIpc) is 3.39. The standard InChI is InChI=1S/C31H37FN6O4S/c1-5-24-19-37(43(40,41)28-8-7-14-34-31(28)42-24)18-23-16-22(10-9-20(23)3)26(17-29(39)33-15-13-32)25-11-12-27-30(21(25)4)35-36-38(27)6-2/h7-12,14,16,24,26H,5-6,13,15,17-19H2,1-4H3,(H,33,39)/t24-,26+/m1/s1. The molecule has 5 rings (SSSR count). The van der Waals surface area contributed by atoms with Crippen LogP contribution in [0.15, 0.2) is 53.6 Å². The number of nitrogens with zero attached hydrogens (tertiary/aromatic N) is 5. The first-order valence-corrected chi connectivity index (χ1v) is 16.0. The fraction of sp³-hybridized carbons (Fsp3) is 0.419. The number of carbonyl (C=O) groups is 1. The van der Waals surface area contributed by atoms with Crippen LogP contribution in [0.2, 0.25) is 0 Å². The van der Waals surface area contributed by atoms with Crippen molar-refractivity contribution in [1.82, 2.24) is 29.6 Å². The third kappa shape index (κ3) is 6.12. The van der Waals surface area contributed by atoms with Crippen molar-refractivity contribution in [3.05, 3.63) is 76.5 Å². The topological polar surface area (TPSA) is 119 Å². The number of aromatic nitrogens is 4. The van der Waals surface area contributed by atoms with Crippen LogP contribution in [0.4, 0.5) is 4.39 Å². The molecule has 0 saturated heterocycles. The molecule has 1 aliphatic heterocycles. The Hall–Kier alpha value is -3.90. The predicted molar refractivity (Wildman–Crippen MR) is 161 cm³/mol.